The van der Waals surface area contributed by atoms with Gasteiger partial charge in [0.05, 0.1) is 5.92 Å². The molecule has 0 bridgehead atoms. The van der Waals surface area contributed by atoms with Crippen LogP contribution in [0, 0.1) is 19.8 Å². The van der Waals surface area contributed by atoms with Crippen molar-refractivity contribution in [2.75, 3.05) is 37.6 Å². The molecule has 1 atom stereocenters. The van der Waals surface area contributed by atoms with Crippen LogP contribution in [-0.4, -0.2) is 49.4 Å². The van der Waals surface area contributed by atoms with Gasteiger partial charge in [-0.15, -0.1) is 0 Å². The highest BCUT2D eigenvalue weighted by Gasteiger charge is 2.35. The molecule has 5 heteroatoms. The molecule has 0 spiro atoms. The Kier molecular flexibility index (Phi) is 7.00. The summed E-state index contributed by atoms with van der Waals surface area (Å²) in [4.78, 5) is 28.8. The lowest BCUT2D eigenvalue weighted by atomic mass is 10.1. The summed E-state index contributed by atoms with van der Waals surface area (Å²) in [6.07, 6.45) is 1.24. The van der Waals surface area contributed by atoms with E-state index < -0.39 is 0 Å². The average Bonchev–Trinajstić information content (AvgIpc) is 2.99. The van der Waals surface area contributed by atoms with Gasteiger partial charge in [-0.1, -0.05) is 19.9 Å². The lowest BCUT2D eigenvalue weighted by molar-refractivity contribution is -0.126. The molecule has 1 aliphatic heterocycles. The largest absolute Gasteiger partial charge is 0.356 e. The Morgan fingerprint density at radius 2 is 1.96 bits per heavy atom. The van der Waals surface area contributed by atoms with Gasteiger partial charge in [0.25, 0.3) is 0 Å². The molecular weight excluding hydrogens is 314 g/mol. The molecule has 1 aromatic rings. The maximum atomic E-state index is 12.4. The summed E-state index contributed by atoms with van der Waals surface area (Å²) in [5.41, 5.74) is 3.26. The van der Waals surface area contributed by atoms with Crippen molar-refractivity contribution in [1.82, 2.24) is 10.2 Å². The summed E-state index contributed by atoms with van der Waals surface area (Å²) in [6, 6.07) is 6.01. The van der Waals surface area contributed by atoms with Crippen LogP contribution >= 0.6 is 0 Å². The minimum atomic E-state index is -0.248. The van der Waals surface area contributed by atoms with Crippen LogP contribution in [0.25, 0.3) is 0 Å². The molecule has 1 heterocycles. The highest BCUT2D eigenvalue weighted by Crippen LogP contribution is 2.26. The molecule has 2 amide bonds. The Hall–Kier alpha value is -1.88. The molecule has 1 N–H and O–H groups in total. The summed E-state index contributed by atoms with van der Waals surface area (Å²) in [6.45, 7) is 12.6. The zero-order valence-electron chi connectivity index (χ0n) is 16.0. The third-order valence-electron chi connectivity index (χ3n) is 5.14. The summed E-state index contributed by atoms with van der Waals surface area (Å²) in [7, 11) is 0. The van der Waals surface area contributed by atoms with Gasteiger partial charge in [0.1, 0.15) is 0 Å². The van der Waals surface area contributed by atoms with Crippen LogP contribution in [0.4, 0.5) is 5.69 Å². The Morgan fingerprint density at radius 1 is 1.24 bits per heavy atom. The predicted octanol–water partition coefficient (Wildman–Crippen LogP) is 2.50. The van der Waals surface area contributed by atoms with E-state index in [0.29, 0.717) is 19.5 Å². The number of aryl methyl sites for hydroxylation is 2. The molecule has 1 fully saturated rings. The van der Waals surface area contributed by atoms with Crippen molar-refractivity contribution in [3.63, 3.8) is 0 Å². The van der Waals surface area contributed by atoms with E-state index in [2.05, 4.69) is 31.0 Å². The molecule has 0 radical (unpaired) electrons. The van der Waals surface area contributed by atoms with Crippen molar-refractivity contribution in [2.24, 2.45) is 5.92 Å². The van der Waals surface area contributed by atoms with Gasteiger partial charge >= 0.3 is 0 Å². The standard InChI is InChI=1S/C20H31N3O2/c1-5-22(6-2)11-7-10-21-20(25)17-13-19(24)23(14-17)18-9-8-15(3)16(4)12-18/h8-9,12,17H,5-7,10-11,13-14H2,1-4H3,(H,21,25). The average molecular weight is 345 g/mol. The van der Waals surface area contributed by atoms with Gasteiger partial charge in [-0.3, -0.25) is 9.59 Å². The van der Waals surface area contributed by atoms with Crippen LogP contribution in [0.3, 0.4) is 0 Å². The van der Waals surface area contributed by atoms with Crippen LogP contribution in [0.2, 0.25) is 0 Å². The molecule has 1 saturated heterocycles. The number of hydrogen-bond donors (Lipinski definition) is 1. The molecule has 25 heavy (non-hydrogen) atoms. The fraction of sp³-hybridized carbons (Fsp3) is 0.600. The first kappa shape index (κ1) is 19.4. The number of benzene rings is 1. The van der Waals surface area contributed by atoms with Crippen molar-refractivity contribution in [3.8, 4) is 0 Å². The Labute approximate surface area is 151 Å². The van der Waals surface area contributed by atoms with E-state index in [1.54, 1.807) is 4.90 Å². The van der Waals surface area contributed by atoms with E-state index in [9.17, 15) is 9.59 Å². The van der Waals surface area contributed by atoms with E-state index >= 15 is 0 Å². The van der Waals surface area contributed by atoms with Crippen LogP contribution in [0.5, 0.6) is 0 Å². The van der Waals surface area contributed by atoms with E-state index in [0.717, 1.165) is 37.3 Å². The van der Waals surface area contributed by atoms with E-state index in [-0.39, 0.29) is 17.7 Å². The van der Waals surface area contributed by atoms with Crippen molar-refractivity contribution in [2.45, 2.75) is 40.5 Å². The second-order valence-corrected chi connectivity index (χ2v) is 6.85. The zero-order valence-corrected chi connectivity index (χ0v) is 16.0. The number of hydrogen-bond acceptors (Lipinski definition) is 3. The van der Waals surface area contributed by atoms with Crippen LogP contribution in [0.1, 0.15) is 37.8 Å². The van der Waals surface area contributed by atoms with E-state index in [1.807, 2.05) is 25.1 Å². The molecule has 138 valence electrons. The van der Waals surface area contributed by atoms with Gasteiger partial charge in [-0.2, -0.15) is 0 Å². The second kappa shape index (κ2) is 8.99. The molecule has 5 nitrogen and oxygen atoms in total. The number of amides is 2. The topological polar surface area (TPSA) is 52.7 Å². The highest BCUT2D eigenvalue weighted by molar-refractivity contribution is 6.00. The van der Waals surface area contributed by atoms with Crippen molar-refractivity contribution in [1.29, 1.82) is 0 Å². The van der Waals surface area contributed by atoms with Gasteiger partial charge in [0.15, 0.2) is 0 Å². The molecular formula is C20H31N3O2. The molecule has 0 aliphatic carbocycles. The molecule has 0 aromatic heterocycles. The molecule has 2 rings (SSSR count). The Morgan fingerprint density at radius 3 is 2.60 bits per heavy atom. The normalized spacial score (nSPS) is 17.4. The lowest BCUT2D eigenvalue weighted by Gasteiger charge is -2.19. The summed E-state index contributed by atoms with van der Waals surface area (Å²) in [5, 5.41) is 3.00. The number of carbonyl (C=O) groups is 2. The van der Waals surface area contributed by atoms with Gasteiger partial charge in [-0.05, 0) is 63.2 Å². The lowest BCUT2D eigenvalue weighted by Crippen LogP contribution is -2.35. The third kappa shape index (κ3) is 5.05. The zero-order chi connectivity index (χ0) is 18.4. The molecule has 0 saturated carbocycles. The monoisotopic (exact) mass is 345 g/mol. The van der Waals surface area contributed by atoms with Crippen LogP contribution in [-0.2, 0) is 9.59 Å². The van der Waals surface area contributed by atoms with E-state index in [1.165, 1.54) is 5.56 Å². The maximum Gasteiger partial charge on any atom is 0.227 e. The fourth-order valence-electron chi connectivity index (χ4n) is 3.22. The number of rotatable bonds is 8. The number of carbonyl (C=O) groups excluding carboxylic acids is 2. The smallest absolute Gasteiger partial charge is 0.227 e. The fourth-order valence-corrected chi connectivity index (χ4v) is 3.22. The second-order valence-electron chi connectivity index (χ2n) is 6.85. The predicted molar refractivity (Wildman–Crippen MR) is 102 cm³/mol. The quantitative estimate of drug-likeness (QED) is 0.737. The molecule has 1 aliphatic rings. The minimum absolute atomic E-state index is 0.000712. The maximum absolute atomic E-state index is 12.4. The Bertz CT molecular complexity index is 611. The van der Waals surface area contributed by atoms with Gasteiger partial charge in [0.2, 0.25) is 11.8 Å². The van der Waals surface area contributed by atoms with Crippen molar-refractivity contribution >= 4 is 17.5 Å². The van der Waals surface area contributed by atoms with Crippen molar-refractivity contribution in [3.05, 3.63) is 29.3 Å². The summed E-state index contributed by atoms with van der Waals surface area (Å²) in [5.74, 6) is -0.215. The number of anilines is 1. The SMILES string of the molecule is CCN(CC)CCCNC(=O)C1CC(=O)N(c2ccc(C)c(C)c2)C1. The van der Waals surface area contributed by atoms with Gasteiger partial charge in [0, 0.05) is 25.2 Å². The highest BCUT2D eigenvalue weighted by atomic mass is 16.2. The summed E-state index contributed by atoms with van der Waals surface area (Å²) >= 11 is 0. The number of nitrogens with one attached hydrogen (secondary N) is 1. The van der Waals surface area contributed by atoms with Crippen LogP contribution in [0.15, 0.2) is 18.2 Å². The molecule has 1 aromatic carbocycles. The number of nitrogens with zero attached hydrogens (tertiary/aromatic N) is 2. The van der Waals surface area contributed by atoms with E-state index in [4.69, 9.17) is 0 Å². The van der Waals surface area contributed by atoms with Gasteiger partial charge in [-0.25, -0.2) is 0 Å². The molecule has 1 unspecified atom stereocenters. The first-order valence-electron chi connectivity index (χ1n) is 9.33. The van der Waals surface area contributed by atoms with Gasteiger partial charge < -0.3 is 15.1 Å². The minimum Gasteiger partial charge on any atom is -0.356 e. The van der Waals surface area contributed by atoms with Crippen LogP contribution < -0.4 is 10.2 Å². The first-order chi connectivity index (χ1) is 12.0. The first-order valence-corrected chi connectivity index (χ1v) is 9.33. The Balaban J connectivity index is 1.84. The summed E-state index contributed by atoms with van der Waals surface area (Å²) < 4.78 is 0. The van der Waals surface area contributed by atoms with Crippen molar-refractivity contribution < 1.29 is 9.59 Å². The third-order valence-corrected chi connectivity index (χ3v) is 5.14.